The Morgan fingerprint density at radius 3 is 2.67 bits per heavy atom. The molecule has 0 amide bonds. The van der Waals surface area contributed by atoms with Gasteiger partial charge >= 0.3 is 5.97 Å². The molecule has 2 saturated heterocycles. The third-order valence-electron chi connectivity index (χ3n) is 5.50. The van der Waals surface area contributed by atoms with Crippen molar-refractivity contribution in [3.63, 3.8) is 0 Å². The molecular formula is C18H26N2O6S. The number of para-hydroxylation sites is 1. The summed E-state index contributed by atoms with van der Waals surface area (Å²) < 4.78 is 30.6. The van der Waals surface area contributed by atoms with Gasteiger partial charge in [-0.3, -0.25) is 4.90 Å². The molecule has 27 heavy (non-hydrogen) atoms. The van der Waals surface area contributed by atoms with E-state index in [1.165, 1.54) is 10.6 Å². The van der Waals surface area contributed by atoms with Gasteiger partial charge in [0.1, 0.15) is 5.75 Å². The van der Waals surface area contributed by atoms with Crippen LogP contribution in [0.4, 0.5) is 0 Å². The molecule has 150 valence electrons. The van der Waals surface area contributed by atoms with Gasteiger partial charge in [0, 0.05) is 44.2 Å². The Bertz CT molecular complexity index is 799. The van der Waals surface area contributed by atoms with Crippen molar-refractivity contribution in [2.75, 3.05) is 39.0 Å². The van der Waals surface area contributed by atoms with Gasteiger partial charge in [0.25, 0.3) is 0 Å². The number of sulfonamides is 1. The van der Waals surface area contributed by atoms with E-state index in [1.807, 2.05) is 12.1 Å². The minimum Gasteiger partial charge on any atom is -0.482 e. The zero-order valence-corrected chi connectivity index (χ0v) is 16.2. The molecule has 8 nitrogen and oxygen atoms in total. The third-order valence-corrected chi connectivity index (χ3v) is 6.77. The van der Waals surface area contributed by atoms with Crippen LogP contribution in [-0.2, 0) is 21.4 Å². The SMILES string of the molecule is CS(=O)(=O)N1CC[C@@]2(O)CCN(Cc3ccccc3OCC(=O)O)C[C@H]2C1. The molecule has 3 rings (SSSR count). The number of likely N-dealkylation sites (tertiary alicyclic amines) is 1. The first-order valence-corrected chi connectivity index (χ1v) is 10.8. The Labute approximate surface area is 159 Å². The van der Waals surface area contributed by atoms with E-state index < -0.39 is 28.2 Å². The smallest absolute Gasteiger partial charge is 0.341 e. The molecular weight excluding hydrogens is 372 g/mol. The molecule has 0 radical (unpaired) electrons. The van der Waals surface area contributed by atoms with Gasteiger partial charge in [0.15, 0.2) is 6.61 Å². The zero-order valence-electron chi connectivity index (χ0n) is 15.4. The summed E-state index contributed by atoms with van der Waals surface area (Å²) in [6, 6.07) is 7.29. The summed E-state index contributed by atoms with van der Waals surface area (Å²) in [4.78, 5) is 12.9. The number of carboxylic acid groups (broad SMARTS) is 1. The number of aliphatic carboxylic acids is 1. The van der Waals surface area contributed by atoms with Crippen molar-refractivity contribution in [3.05, 3.63) is 29.8 Å². The number of ether oxygens (including phenoxy) is 1. The Morgan fingerprint density at radius 1 is 1.26 bits per heavy atom. The molecule has 0 saturated carbocycles. The van der Waals surface area contributed by atoms with Gasteiger partial charge in [-0.15, -0.1) is 0 Å². The van der Waals surface area contributed by atoms with Crippen LogP contribution in [0.1, 0.15) is 18.4 Å². The maximum Gasteiger partial charge on any atom is 0.341 e. The summed E-state index contributed by atoms with van der Waals surface area (Å²) in [5.74, 6) is -0.653. The molecule has 1 aromatic carbocycles. The van der Waals surface area contributed by atoms with E-state index >= 15 is 0 Å². The average molecular weight is 398 g/mol. The molecule has 2 N–H and O–H groups in total. The van der Waals surface area contributed by atoms with Crippen LogP contribution in [0.3, 0.4) is 0 Å². The van der Waals surface area contributed by atoms with Gasteiger partial charge in [0.05, 0.1) is 11.9 Å². The molecule has 2 aliphatic heterocycles. The molecule has 9 heteroatoms. The van der Waals surface area contributed by atoms with Crippen LogP contribution in [-0.4, -0.2) is 78.4 Å². The second-order valence-electron chi connectivity index (χ2n) is 7.45. The summed E-state index contributed by atoms with van der Waals surface area (Å²) in [5, 5.41) is 19.7. The van der Waals surface area contributed by atoms with E-state index in [2.05, 4.69) is 4.90 Å². The molecule has 0 spiro atoms. The lowest BCUT2D eigenvalue weighted by Gasteiger charge is -2.49. The number of benzene rings is 1. The highest BCUT2D eigenvalue weighted by Crippen LogP contribution is 2.37. The summed E-state index contributed by atoms with van der Waals surface area (Å²) in [7, 11) is -3.27. The number of fused-ring (bicyclic) bond motifs is 1. The molecule has 0 bridgehead atoms. The fourth-order valence-corrected chi connectivity index (χ4v) is 4.82. The first-order chi connectivity index (χ1) is 12.7. The Balaban J connectivity index is 1.69. The van der Waals surface area contributed by atoms with E-state index in [-0.39, 0.29) is 5.92 Å². The van der Waals surface area contributed by atoms with Crippen molar-refractivity contribution < 1.29 is 28.2 Å². The Morgan fingerprint density at radius 2 is 1.96 bits per heavy atom. The van der Waals surface area contributed by atoms with E-state index in [9.17, 15) is 18.3 Å². The van der Waals surface area contributed by atoms with Gasteiger partial charge in [-0.05, 0) is 18.9 Å². The van der Waals surface area contributed by atoms with Crippen molar-refractivity contribution in [1.29, 1.82) is 0 Å². The number of carboxylic acids is 1. The van der Waals surface area contributed by atoms with Gasteiger partial charge in [-0.2, -0.15) is 0 Å². The number of hydrogen-bond donors (Lipinski definition) is 2. The highest BCUT2D eigenvalue weighted by atomic mass is 32.2. The van der Waals surface area contributed by atoms with Crippen molar-refractivity contribution in [2.24, 2.45) is 5.92 Å². The number of aliphatic hydroxyl groups is 1. The molecule has 2 aliphatic rings. The van der Waals surface area contributed by atoms with Crippen LogP contribution in [0, 0.1) is 5.92 Å². The Hall–Kier alpha value is -1.68. The molecule has 2 atom stereocenters. The van der Waals surface area contributed by atoms with E-state index in [0.717, 1.165) is 5.56 Å². The quantitative estimate of drug-likeness (QED) is 0.713. The van der Waals surface area contributed by atoms with E-state index in [0.29, 0.717) is 51.3 Å². The molecule has 0 aliphatic carbocycles. The lowest BCUT2D eigenvalue weighted by molar-refractivity contribution is -0.139. The van der Waals surface area contributed by atoms with Gasteiger partial charge in [-0.25, -0.2) is 17.5 Å². The number of carbonyl (C=O) groups is 1. The van der Waals surface area contributed by atoms with Gasteiger partial charge in [0.2, 0.25) is 10.0 Å². The van der Waals surface area contributed by atoms with Crippen molar-refractivity contribution in [3.8, 4) is 5.75 Å². The lowest BCUT2D eigenvalue weighted by Crippen LogP contribution is -2.60. The molecule has 2 heterocycles. The largest absolute Gasteiger partial charge is 0.482 e. The fraction of sp³-hybridized carbons (Fsp3) is 0.611. The number of piperidine rings is 2. The van der Waals surface area contributed by atoms with Crippen LogP contribution < -0.4 is 4.74 Å². The number of nitrogens with zero attached hydrogens (tertiary/aromatic N) is 2. The first-order valence-electron chi connectivity index (χ1n) is 9.00. The maximum absolute atomic E-state index is 11.9. The van der Waals surface area contributed by atoms with E-state index in [4.69, 9.17) is 9.84 Å². The highest BCUT2D eigenvalue weighted by Gasteiger charge is 2.46. The van der Waals surface area contributed by atoms with Crippen LogP contribution in [0.25, 0.3) is 0 Å². The second kappa shape index (κ2) is 7.75. The normalized spacial score (nSPS) is 27.1. The van der Waals surface area contributed by atoms with Crippen molar-refractivity contribution >= 4 is 16.0 Å². The molecule has 0 unspecified atom stereocenters. The zero-order chi connectivity index (χ0) is 19.7. The summed E-state index contributed by atoms with van der Waals surface area (Å²) >= 11 is 0. The Kier molecular flexibility index (Phi) is 5.76. The predicted octanol–water partition coefficient (Wildman–Crippen LogP) is 0.368. The average Bonchev–Trinajstić information content (AvgIpc) is 2.60. The molecule has 2 fully saturated rings. The van der Waals surface area contributed by atoms with Crippen LogP contribution in [0.5, 0.6) is 5.75 Å². The predicted molar refractivity (Wildman–Crippen MR) is 98.9 cm³/mol. The minimum absolute atomic E-state index is 0.151. The van der Waals surface area contributed by atoms with Crippen molar-refractivity contribution in [2.45, 2.75) is 25.0 Å². The summed E-state index contributed by atoms with van der Waals surface area (Å²) in [5.41, 5.74) is 0.0526. The number of rotatable bonds is 6. The highest BCUT2D eigenvalue weighted by molar-refractivity contribution is 7.88. The first kappa shape index (κ1) is 20.1. The molecule has 1 aromatic rings. The topological polar surface area (TPSA) is 107 Å². The van der Waals surface area contributed by atoms with Crippen LogP contribution in [0.15, 0.2) is 24.3 Å². The lowest BCUT2D eigenvalue weighted by atomic mass is 9.76. The second-order valence-corrected chi connectivity index (χ2v) is 9.43. The maximum atomic E-state index is 11.9. The van der Waals surface area contributed by atoms with Gasteiger partial charge < -0.3 is 14.9 Å². The number of hydrogen-bond acceptors (Lipinski definition) is 6. The molecule has 0 aromatic heterocycles. The standard InChI is InChI=1S/C18H26N2O6S/c1-27(24,25)20-9-7-18(23)6-8-19(11-15(18)12-20)10-14-4-2-3-5-16(14)26-13-17(21)22/h2-5,15,23H,6-13H2,1H3,(H,21,22)/t15-,18-/m0/s1. The van der Waals surface area contributed by atoms with Crippen LogP contribution >= 0.6 is 0 Å². The summed E-state index contributed by atoms with van der Waals surface area (Å²) in [6.07, 6.45) is 2.25. The van der Waals surface area contributed by atoms with Gasteiger partial charge in [-0.1, -0.05) is 18.2 Å². The van der Waals surface area contributed by atoms with Crippen molar-refractivity contribution in [1.82, 2.24) is 9.21 Å². The van der Waals surface area contributed by atoms with E-state index in [1.54, 1.807) is 12.1 Å². The fourth-order valence-electron chi connectivity index (χ4n) is 3.94. The summed E-state index contributed by atoms with van der Waals surface area (Å²) in [6.45, 7) is 2.11. The monoisotopic (exact) mass is 398 g/mol. The van der Waals surface area contributed by atoms with Crippen LogP contribution in [0.2, 0.25) is 0 Å². The minimum atomic E-state index is -3.27. The third kappa shape index (κ3) is 4.78.